The zero-order valence-corrected chi connectivity index (χ0v) is 14.2. The SMILES string of the molecule is CCCNC(c1csc(C)c1)c1cccc(Br)c1Cl. The van der Waals surface area contributed by atoms with Crippen molar-refractivity contribution in [3.8, 4) is 0 Å². The Morgan fingerprint density at radius 2 is 2.21 bits per heavy atom. The zero-order chi connectivity index (χ0) is 13.8. The lowest BCUT2D eigenvalue weighted by molar-refractivity contribution is 0.600. The van der Waals surface area contributed by atoms with E-state index in [0.29, 0.717) is 0 Å². The van der Waals surface area contributed by atoms with E-state index in [4.69, 9.17) is 11.6 Å². The van der Waals surface area contributed by atoms with E-state index in [2.05, 4.69) is 52.6 Å². The van der Waals surface area contributed by atoms with E-state index in [9.17, 15) is 0 Å². The van der Waals surface area contributed by atoms with Crippen LogP contribution >= 0.6 is 38.9 Å². The van der Waals surface area contributed by atoms with E-state index in [1.54, 1.807) is 11.3 Å². The van der Waals surface area contributed by atoms with Crippen LogP contribution in [0.15, 0.2) is 34.1 Å². The Kier molecular flexibility index (Phi) is 5.46. The summed E-state index contributed by atoms with van der Waals surface area (Å²) in [6.45, 7) is 5.28. The molecule has 0 bridgehead atoms. The van der Waals surface area contributed by atoms with Crippen molar-refractivity contribution in [1.82, 2.24) is 5.32 Å². The molecule has 102 valence electrons. The largest absolute Gasteiger partial charge is 0.306 e. The van der Waals surface area contributed by atoms with Gasteiger partial charge < -0.3 is 5.32 Å². The van der Waals surface area contributed by atoms with E-state index in [1.165, 1.54) is 10.4 Å². The van der Waals surface area contributed by atoms with Gasteiger partial charge in [-0.15, -0.1) is 11.3 Å². The van der Waals surface area contributed by atoms with E-state index in [1.807, 2.05) is 12.1 Å². The number of hydrogen-bond acceptors (Lipinski definition) is 2. The van der Waals surface area contributed by atoms with Crippen LogP contribution in [0.4, 0.5) is 0 Å². The number of thiophene rings is 1. The van der Waals surface area contributed by atoms with Gasteiger partial charge in [0.15, 0.2) is 0 Å². The molecule has 0 fully saturated rings. The van der Waals surface area contributed by atoms with Crippen LogP contribution < -0.4 is 5.32 Å². The maximum atomic E-state index is 6.44. The number of benzene rings is 1. The first-order valence-electron chi connectivity index (χ1n) is 6.35. The number of nitrogens with one attached hydrogen (secondary N) is 1. The van der Waals surface area contributed by atoms with Gasteiger partial charge in [0.05, 0.1) is 11.1 Å². The average Bonchev–Trinajstić information content (AvgIpc) is 2.81. The molecule has 0 aliphatic rings. The molecule has 1 aromatic carbocycles. The topological polar surface area (TPSA) is 12.0 Å². The van der Waals surface area contributed by atoms with E-state index in [-0.39, 0.29) is 6.04 Å². The molecule has 4 heteroatoms. The van der Waals surface area contributed by atoms with Crippen molar-refractivity contribution < 1.29 is 0 Å². The van der Waals surface area contributed by atoms with Gasteiger partial charge in [0, 0.05) is 9.35 Å². The minimum atomic E-state index is 0.162. The molecule has 0 radical (unpaired) electrons. The summed E-state index contributed by atoms with van der Waals surface area (Å²) in [6.07, 6.45) is 1.10. The van der Waals surface area contributed by atoms with Crippen molar-refractivity contribution >= 4 is 38.9 Å². The highest BCUT2D eigenvalue weighted by Gasteiger charge is 2.18. The molecule has 1 N–H and O–H groups in total. The number of hydrogen-bond donors (Lipinski definition) is 1. The number of halogens is 2. The van der Waals surface area contributed by atoms with Gasteiger partial charge in [0.1, 0.15) is 0 Å². The minimum Gasteiger partial charge on any atom is -0.306 e. The molecule has 0 amide bonds. The fourth-order valence-electron chi connectivity index (χ4n) is 2.05. The first-order valence-corrected chi connectivity index (χ1v) is 8.41. The first-order chi connectivity index (χ1) is 9.13. The van der Waals surface area contributed by atoms with Gasteiger partial charge in [-0.3, -0.25) is 0 Å². The quantitative estimate of drug-likeness (QED) is 0.737. The van der Waals surface area contributed by atoms with Crippen molar-refractivity contribution in [1.29, 1.82) is 0 Å². The highest BCUT2D eigenvalue weighted by molar-refractivity contribution is 9.10. The van der Waals surface area contributed by atoms with Gasteiger partial charge in [-0.1, -0.05) is 30.7 Å². The van der Waals surface area contributed by atoms with Crippen molar-refractivity contribution in [3.05, 3.63) is 55.1 Å². The number of aryl methyl sites for hydroxylation is 1. The molecule has 0 aliphatic carbocycles. The highest BCUT2D eigenvalue weighted by Crippen LogP contribution is 2.34. The molecule has 19 heavy (non-hydrogen) atoms. The molecule has 0 spiro atoms. The van der Waals surface area contributed by atoms with E-state index in [0.717, 1.165) is 28.0 Å². The Balaban J connectivity index is 2.39. The van der Waals surface area contributed by atoms with Crippen molar-refractivity contribution in [3.63, 3.8) is 0 Å². The molecular formula is C15H17BrClNS. The van der Waals surface area contributed by atoms with Crippen LogP contribution in [0, 0.1) is 6.92 Å². The lowest BCUT2D eigenvalue weighted by atomic mass is 10.0. The van der Waals surface area contributed by atoms with Crippen LogP contribution in [0.1, 0.15) is 35.4 Å². The normalized spacial score (nSPS) is 12.6. The summed E-state index contributed by atoms with van der Waals surface area (Å²) in [5.41, 5.74) is 2.42. The summed E-state index contributed by atoms with van der Waals surface area (Å²) in [6, 6.07) is 8.49. The Morgan fingerprint density at radius 3 is 2.84 bits per heavy atom. The third kappa shape index (κ3) is 3.60. The summed E-state index contributed by atoms with van der Waals surface area (Å²) >= 11 is 11.7. The van der Waals surface area contributed by atoms with Crippen LogP contribution in [-0.2, 0) is 0 Å². The maximum absolute atomic E-state index is 6.44. The minimum absolute atomic E-state index is 0.162. The Bertz CT molecular complexity index is 553. The predicted molar refractivity (Wildman–Crippen MR) is 88.3 cm³/mol. The molecule has 1 aromatic heterocycles. The van der Waals surface area contributed by atoms with Crippen molar-refractivity contribution in [2.75, 3.05) is 6.54 Å². The van der Waals surface area contributed by atoms with Gasteiger partial charge in [-0.2, -0.15) is 0 Å². The van der Waals surface area contributed by atoms with Crippen LogP contribution in [0.3, 0.4) is 0 Å². The maximum Gasteiger partial charge on any atom is 0.0600 e. The molecule has 1 nitrogen and oxygen atoms in total. The fourth-order valence-corrected chi connectivity index (χ4v) is 3.40. The molecule has 1 heterocycles. The Morgan fingerprint density at radius 1 is 1.42 bits per heavy atom. The van der Waals surface area contributed by atoms with Crippen LogP contribution in [0.25, 0.3) is 0 Å². The summed E-state index contributed by atoms with van der Waals surface area (Å²) in [7, 11) is 0. The van der Waals surface area contributed by atoms with Crippen molar-refractivity contribution in [2.45, 2.75) is 26.3 Å². The summed E-state index contributed by atoms with van der Waals surface area (Å²) in [5, 5.41) is 6.58. The summed E-state index contributed by atoms with van der Waals surface area (Å²) < 4.78 is 0.946. The monoisotopic (exact) mass is 357 g/mol. The van der Waals surface area contributed by atoms with Gasteiger partial charge in [-0.05, 0) is 64.5 Å². The molecule has 0 aliphatic heterocycles. The van der Waals surface area contributed by atoms with E-state index >= 15 is 0 Å². The molecule has 0 saturated carbocycles. The molecule has 0 saturated heterocycles. The number of rotatable bonds is 5. The molecule has 1 atom stereocenters. The standard InChI is InChI=1S/C15H17BrClNS/c1-3-7-18-15(11-8-10(2)19-9-11)12-5-4-6-13(16)14(12)17/h4-6,8-9,15,18H,3,7H2,1-2H3. The predicted octanol–water partition coefficient (Wildman–Crippen LogP) is 5.56. The average molecular weight is 359 g/mol. The van der Waals surface area contributed by atoms with E-state index < -0.39 is 0 Å². The Labute approximate surface area is 132 Å². The second kappa shape index (κ2) is 6.89. The van der Waals surface area contributed by atoms with Gasteiger partial charge in [0.2, 0.25) is 0 Å². The fraction of sp³-hybridized carbons (Fsp3) is 0.333. The summed E-state index contributed by atoms with van der Waals surface area (Å²) in [5.74, 6) is 0. The van der Waals surface area contributed by atoms with Gasteiger partial charge >= 0.3 is 0 Å². The molecule has 2 rings (SSSR count). The molecule has 1 unspecified atom stereocenters. The van der Waals surface area contributed by atoms with Crippen LogP contribution in [0.5, 0.6) is 0 Å². The Hall–Kier alpha value is -0.350. The molecule has 2 aromatic rings. The highest BCUT2D eigenvalue weighted by atomic mass is 79.9. The molecular weight excluding hydrogens is 342 g/mol. The lowest BCUT2D eigenvalue weighted by Gasteiger charge is -2.20. The van der Waals surface area contributed by atoms with Crippen LogP contribution in [0.2, 0.25) is 5.02 Å². The third-order valence-electron chi connectivity index (χ3n) is 2.98. The van der Waals surface area contributed by atoms with Gasteiger partial charge in [-0.25, -0.2) is 0 Å². The summed E-state index contributed by atoms with van der Waals surface area (Å²) in [4.78, 5) is 1.32. The van der Waals surface area contributed by atoms with Gasteiger partial charge in [0.25, 0.3) is 0 Å². The third-order valence-corrected chi connectivity index (χ3v) is 5.17. The first kappa shape index (κ1) is 15.0. The zero-order valence-electron chi connectivity index (χ0n) is 11.0. The smallest absolute Gasteiger partial charge is 0.0600 e. The van der Waals surface area contributed by atoms with Crippen molar-refractivity contribution in [2.24, 2.45) is 0 Å². The van der Waals surface area contributed by atoms with Crippen LogP contribution in [-0.4, -0.2) is 6.54 Å². The second-order valence-electron chi connectivity index (χ2n) is 4.52. The lowest BCUT2D eigenvalue weighted by Crippen LogP contribution is -2.23. The second-order valence-corrected chi connectivity index (χ2v) is 6.87.